The number of fused-ring (bicyclic) bond motifs is 3. The Balaban J connectivity index is 0.741. The molecule has 19 heteroatoms. The Labute approximate surface area is 412 Å². The van der Waals surface area contributed by atoms with E-state index in [2.05, 4.69) is 19.9 Å². The number of esters is 1. The summed E-state index contributed by atoms with van der Waals surface area (Å²) in [4.78, 5) is 12.4. The molecule has 3 aliphatic carbocycles. The summed E-state index contributed by atoms with van der Waals surface area (Å²) in [5.74, 6) is -1.09. The second-order valence-electron chi connectivity index (χ2n) is 22.3. The fourth-order valence-corrected chi connectivity index (χ4v) is 15.2. The van der Waals surface area contributed by atoms with Gasteiger partial charge in [-0.2, -0.15) is 0 Å². The predicted molar refractivity (Wildman–Crippen MR) is 242 cm³/mol. The van der Waals surface area contributed by atoms with Gasteiger partial charge in [-0.15, -0.1) is 0 Å². The number of hydrogen-bond acceptors (Lipinski definition) is 19. The second kappa shape index (κ2) is 19.9. The van der Waals surface area contributed by atoms with Gasteiger partial charge >= 0.3 is 5.97 Å². The molecule has 70 heavy (non-hydrogen) atoms. The molecule has 2 bridgehead atoms. The van der Waals surface area contributed by atoms with Gasteiger partial charge in [0.15, 0.2) is 36.7 Å². The number of aliphatic hydroxyl groups excluding tert-OH is 2. The van der Waals surface area contributed by atoms with Crippen molar-refractivity contribution in [1.82, 2.24) is 0 Å². The van der Waals surface area contributed by atoms with E-state index in [1.807, 2.05) is 20.8 Å². The minimum absolute atomic E-state index is 0.0378. The molecule has 0 aromatic heterocycles. The SMILES string of the molecule is CO[C@@H]1C(O)[C@H](O[C@@H]2C(C)O[C@@H](O[C@@H]3C(C)O[C@@H](O[C@@H]4C(C)O[C@@H](O[C@H]5CC[C@@]6(COC(C)=O)C(=CC[C@@H]7[C@@H]6CC[C@]6(C)[C@@H]8[C@H]9CO[C@]8(C)O[C@@]76O9)C5)C[C@H]4OC)C[C@H]3OC)C[C@H]2OC)OC(C)[C@H]1O. The monoisotopic (exact) mass is 997 g/mol. The van der Waals surface area contributed by atoms with Crippen molar-refractivity contribution in [2.45, 2.75) is 235 Å². The number of carbonyl (C=O) groups excluding carboxylic acids is 1. The van der Waals surface area contributed by atoms with E-state index in [0.717, 1.165) is 38.5 Å². The first kappa shape index (κ1) is 52.0. The maximum atomic E-state index is 12.4. The summed E-state index contributed by atoms with van der Waals surface area (Å²) >= 11 is 0. The third-order valence-electron chi connectivity index (χ3n) is 18.5. The van der Waals surface area contributed by atoms with Crippen LogP contribution in [0.4, 0.5) is 0 Å². The lowest BCUT2D eigenvalue weighted by Crippen LogP contribution is -2.61. The van der Waals surface area contributed by atoms with Gasteiger partial charge in [-0.05, 0) is 79.1 Å². The van der Waals surface area contributed by atoms with Crippen molar-refractivity contribution in [2.24, 2.45) is 28.6 Å². The van der Waals surface area contributed by atoms with Crippen LogP contribution >= 0.6 is 0 Å². The molecule has 7 aliphatic heterocycles. The van der Waals surface area contributed by atoms with Crippen molar-refractivity contribution in [3.63, 3.8) is 0 Å². The predicted octanol–water partition coefficient (Wildman–Crippen LogP) is 4.04. The Morgan fingerprint density at radius 3 is 1.84 bits per heavy atom. The van der Waals surface area contributed by atoms with Gasteiger partial charge in [-0.3, -0.25) is 4.79 Å². The Kier molecular flexibility index (Phi) is 14.8. The van der Waals surface area contributed by atoms with Gasteiger partial charge in [0, 0.05) is 71.4 Å². The highest BCUT2D eigenvalue weighted by Crippen LogP contribution is 2.76. The average Bonchev–Trinajstić information content (AvgIpc) is 3.82. The molecule has 19 nitrogen and oxygen atoms in total. The second-order valence-corrected chi connectivity index (χ2v) is 22.3. The van der Waals surface area contributed by atoms with E-state index in [-0.39, 0.29) is 59.0 Å². The molecule has 26 atom stereocenters. The van der Waals surface area contributed by atoms with Crippen LogP contribution in [0, 0.1) is 28.6 Å². The van der Waals surface area contributed by atoms with E-state index in [1.54, 1.807) is 28.3 Å². The molecule has 7 heterocycles. The highest BCUT2D eigenvalue weighted by atomic mass is 16.8. The zero-order valence-electron chi connectivity index (χ0n) is 42.9. The van der Waals surface area contributed by atoms with E-state index in [4.69, 9.17) is 75.8 Å². The minimum Gasteiger partial charge on any atom is -0.465 e. The van der Waals surface area contributed by atoms with Gasteiger partial charge in [-0.25, -0.2) is 0 Å². The zero-order chi connectivity index (χ0) is 49.7. The molecule has 0 radical (unpaired) electrons. The molecule has 0 spiro atoms. The van der Waals surface area contributed by atoms with Crippen molar-refractivity contribution in [1.29, 1.82) is 0 Å². The summed E-state index contributed by atoms with van der Waals surface area (Å²) in [6, 6.07) is 0. The van der Waals surface area contributed by atoms with Gasteiger partial charge in [0.1, 0.15) is 43.2 Å². The first-order chi connectivity index (χ1) is 33.4. The van der Waals surface area contributed by atoms with Crippen molar-refractivity contribution in [3.05, 3.63) is 11.6 Å². The molecule has 10 rings (SSSR count). The number of rotatable bonds is 14. The molecule has 10 aliphatic rings. The smallest absolute Gasteiger partial charge is 0.302 e. The van der Waals surface area contributed by atoms with Crippen molar-refractivity contribution < 1.29 is 90.8 Å². The topological polar surface area (TPSA) is 205 Å². The zero-order valence-corrected chi connectivity index (χ0v) is 42.9. The van der Waals surface area contributed by atoms with Gasteiger partial charge < -0.3 is 86.0 Å². The number of carbonyl (C=O) groups is 1. The molecule has 7 saturated heterocycles. The van der Waals surface area contributed by atoms with E-state index >= 15 is 0 Å². The Morgan fingerprint density at radius 1 is 0.700 bits per heavy atom. The van der Waals surface area contributed by atoms with Crippen molar-refractivity contribution in [3.8, 4) is 0 Å². The Morgan fingerprint density at radius 2 is 1.29 bits per heavy atom. The Bertz CT molecular complexity index is 1890. The first-order valence-corrected chi connectivity index (χ1v) is 26.0. The molecule has 0 aromatic carbocycles. The molecule has 2 N–H and O–H groups in total. The third kappa shape index (κ3) is 8.67. The molecular formula is C51H80O19. The Hall–Kier alpha value is -1.47. The fraction of sp³-hybridized carbons (Fsp3) is 0.941. The molecule has 0 aromatic rings. The van der Waals surface area contributed by atoms with Crippen molar-refractivity contribution in [2.75, 3.05) is 41.7 Å². The standard InChI is InChI=1S/C51H80O19/c1-24-40(53)45(58-11)41(54)47(64-24)68-44-27(4)63-39(21-35(44)57-10)67-43-26(3)62-38(20-34(43)56-9)66-42-25(2)61-37(19-33(42)55-8)65-30-14-17-50(23-59-28(5)52)29(18-30)12-13-32-31(50)15-16-48(6)46-36-22-60-49(46,7)70-51(32,48)69-36/h12,24-27,30-47,53-54H,13-23H2,1-11H3/t24?,25?,26?,27?,30-,31-,32+,33+,34+,35+,36+,37-,38-,39-,40+,41?,42+,43+,44+,45-,46-,47-,48+,49+,50+,51-/m0/s1. The maximum Gasteiger partial charge on any atom is 0.302 e. The number of methoxy groups -OCH3 is 4. The highest BCUT2D eigenvalue weighted by Gasteiger charge is 2.83. The van der Waals surface area contributed by atoms with Crippen LogP contribution in [-0.2, 0) is 80.6 Å². The quantitative estimate of drug-likeness (QED) is 0.186. The van der Waals surface area contributed by atoms with E-state index in [0.29, 0.717) is 32.5 Å². The van der Waals surface area contributed by atoms with Crippen LogP contribution in [-0.4, -0.2) is 186 Å². The van der Waals surface area contributed by atoms with Gasteiger partial charge in [0.25, 0.3) is 0 Å². The lowest BCUT2D eigenvalue weighted by Gasteiger charge is -2.60. The summed E-state index contributed by atoms with van der Waals surface area (Å²) in [7, 11) is 6.35. The molecular weight excluding hydrogens is 917 g/mol. The van der Waals surface area contributed by atoms with Gasteiger partial charge in [0.05, 0.1) is 67.5 Å². The normalized spacial score (nSPS) is 54.0. The molecule has 398 valence electrons. The maximum absolute atomic E-state index is 12.4. The first-order valence-electron chi connectivity index (χ1n) is 26.0. The van der Waals surface area contributed by atoms with Crippen LogP contribution in [0.15, 0.2) is 11.6 Å². The lowest BCUT2D eigenvalue weighted by molar-refractivity contribution is -0.359. The molecule has 5 unspecified atom stereocenters. The van der Waals surface area contributed by atoms with Crippen LogP contribution in [0.25, 0.3) is 0 Å². The highest BCUT2D eigenvalue weighted by molar-refractivity contribution is 5.66. The average molecular weight is 997 g/mol. The summed E-state index contributed by atoms with van der Waals surface area (Å²) in [5, 5.41) is 21.4. The van der Waals surface area contributed by atoms with E-state index in [1.165, 1.54) is 19.6 Å². The van der Waals surface area contributed by atoms with E-state index in [9.17, 15) is 15.0 Å². The van der Waals surface area contributed by atoms with Gasteiger partial charge in [-0.1, -0.05) is 18.6 Å². The van der Waals surface area contributed by atoms with Crippen LogP contribution in [0.2, 0.25) is 0 Å². The van der Waals surface area contributed by atoms with Crippen LogP contribution < -0.4 is 0 Å². The third-order valence-corrected chi connectivity index (χ3v) is 18.5. The van der Waals surface area contributed by atoms with Crippen LogP contribution in [0.5, 0.6) is 0 Å². The largest absolute Gasteiger partial charge is 0.465 e. The van der Waals surface area contributed by atoms with Crippen LogP contribution in [0.1, 0.15) is 106 Å². The minimum atomic E-state index is -1.22. The summed E-state index contributed by atoms with van der Waals surface area (Å²) < 4.78 is 101. The number of ether oxygens (including phenoxy) is 16. The summed E-state index contributed by atoms with van der Waals surface area (Å²) in [5.41, 5.74) is 0.815. The summed E-state index contributed by atoms with van der Waals surface area (Å²) in [6.07, 6.45) is -2.13. The fourth-order valence-electron chi connectivity index (χ4n) is 15.2. The number of allylic oxidation sites excluding steroid dienone is 1. The van der Waals surface area contributed by atoms with Gasteiger partial charge in [0.2, 0.25) is 0 Å². The summed E-state index contributed by atoms with van der Waals surface area (Å²) in [6.45, 7) is 14.3. The van der Waals surface area contributed by atoms with E-state index < -0.39 is 104 Å². The molecule has 9 fully saturated rings. The molecule has 2 saturated carbocycles. The molecule has 0 amide bonds. The number of hydrogen-bond donors (Lipinski definition) is 2. The number of aliphatic hydroxyl groups is 2. The van der Waals surface area contributed by atoms with Crippen LogP contribution in [0.3, 0.4) is 0 Å². The van der Waals surface area contributed by atoms with Crippen molar-refractivity contribution >= 4 is 5.97 Å². The lowest BCUT2D eigenvalue weighted by atomic mass is 9.47.